The molecule has 0 heterocycles. The van der Waals surface area contributed by atoms with Gasteiger partial charge in [0.1, 0.15) is 0 Å². The lowest BCUT2D eigenvalue weighted by Gasteiger charge is -2.31. The lowest BCUT2D eigenvalue weighted by atomic mass is 9.74. The van der Waals surface area contributed by atoms with Crippen LogP contribution >= 0.6 is 0 Å². The van der Waals surface area contributed by atoms with Crippen LogP contribution in [0.25, 0.3) is 0 Å². The van der Waals surface area contributed by atoms with Crippen molar-refractivity contribution in [3.8, 4) is 0 Å². The predicted molar refractivity (Wildman–Crippen MR) is 273 cm³/mol. The molecule has 0 amide bonds. The maximum atomic E-state index is 2.56. The molecule has 0 aliphatic heterocycles. The molecule has 1 aromatic rings. The highest BCUT2D eigenvalue weighted by molar-refractivity contribution is 5.17. The van der Waals surface area contributed by atoms with Gasteiger partial charge in [-0.25, -0.2) is 0 Å². The second kappa shape index (κ2) is 34.5. The average Bonchev–Trinajstić information content (AvgIpc) is 3.20. The van der Waals surface area contributed by atoms with Gasteiger partial charge in [-0.3, -0.25) is 0 Å². The molecule has 0 N–H and O–H groups in total. The molecule has 0 nitrogen and oxygen atoms in total. The van der Waals surface area contributed by atoms with Crippen LogP contribution in [-0.2, 0) is 6.42 Å². The highest BCUT2D eigenvalue weighted by atomic mass is 14.3. The molecule has 1 aromatic carbocycles. The van der Waals surface area contributed by atoms with Crippen LogP contribution in [-0.4, -0.2) is 0 Å². The second-order valence-electron chi connectivity index (χ2n) is 20.3. The molecule has 0 aliphatic rings. The molecule has 1 rings (SSSR count). The summed E-state index contributed by atoms with van der Waals surface area (Å²) in [5.74, 6) is 2.70. The summed E-state index contributed by atoms with van der Waals surface area (Å²) in [5, 5.41) is 0. The molecular formula is C59H104. The molecule has 0 saturated heterocycles. The summed E-state index contributed by atoms with van der Waals surface area (Å²) in [6.45, 7) is 35.0. The SMILES string of the molecule is CCC(CC)(C/C=C(\C)CC/C=C(\C)CC/C=C(\C)CCC=C(C)C)Cc1ccccc1.CCC(CC)(CC)C/C=C(\C)CCCC(C)CCCC(C)CCCC(C)C. The van der Waals surface area contributed by atoms with Crippen molar-refractivity contribution in [1.82, 2.24) is 0 Å². The molecule has 0 bridgehead atoms. The quantitative estimate of drug-likeness (QED) is 0.0636. The topological polar surface area (TPSA) is 0 Å². The van der Waals surface area contributed by atoms with Gasteiger partial charge in [0, 0.05) is 0 Å². The van der Waals surface area contributed by atoms with E-state index in [1.165, 1.54) is 170 Å². The molecule has 340 valence electrons. The van der Waals surface area contributed by atoms with Crippen LogP contribution in [0.2, 0.25) is 0 Å². The molecular weight excluding hydrogens is 709 g/mol. The highest BCUT2D eigenvalue weighted by Crippen LogP contribution is 2.37. The fourth-order valence-corrected chi connectivity index (χ4v) is 8.65. The zero-order chi connectivity index (χ0) is 44.5. The van der Waals surface area contributed by atoms with Crippen LogP contribution in [0.5, 0.6) is 0 Å². The minimum absolute atomic E-state index is 0.393. The summed E-state index contributed by atoms with van der Waals surface area (Å²) < 4.78 is 0. The zero-order valence-electron chi connectivity index (χ0n) is 42.8. The van der Waals surface area contributed by atoms with Crippen molar-refractivity contribution in [1.29, 1.82) is 0 Å². The van der Waals surface area contributed by atoms with Crippen LogP contribution in [0, 0.1) is 28.6 Å². The molecule has 0 radical (unpaired) electrons. The van der Waals surface area contributed by atoms with Gasteiger partial charge in [0.05, 0.1) is 0 Å². The van der Waals surface area contributed by atoms with E-state index in [2.05, 4.69) is 165 Å². The standard InChI is InChI=1S/C32H50.C27H54/c1-8-32(9-2,26-31-22-11-10-12-23-31)25-24-30(7)21-15-20-29(6)19-14-18-28(5)17-13-16-27(3)4;1-9-27(10-2,11-3)22-21-26(8)20-14-19-25(7)18-13-17-24(6)16-12-15-23(4)5/h10-12,16,18,20,22-24H,8-9,13-15,17,19,21,25-26H2,1-7H3;21,23-25H,9-20,22H2,1-8H3/b28-18+,29-20+,30-24+;26-21+. The fourth-order valence-electron chi connectivity index (χ4n) is 8.65. The van der Waals surface area contributed by atoms with Crippen molar-refractivity contribution >= 4 is 0 Å². The van der Waals surface area contributed by atoms with E-state index in [-0.39, 0.29) is 0 Å². The first-order valence-corrected chi connectivity index (χ1v) is 25.4. The zero-order valence-corrected chi connectivity index (χ0v) is 42.8. The Hall–Kier alpha value is -2.08. The van der Waals surface area contributed by atoms with Crippen molar-refractivity contribution in [3.05, 3.63) is 94.1 Å². The predicted octanol–water partition coefficient (Wildman–Crippen LogP) is 20.5. The molecule has 2 unspecified atom stereocenters. The van der Waals surface area contributed by atoms with E-state index in [1.807, 2.05) is 0 Å². The summed E-state index contributed by atoms with van der Waals surface area (Å²) in [7, 11) is 0. The normalized spacial score (nSPS) is 14.3. The van der Waals surface area contributed by atoms with Gasteiger partial charge in [-0.15, -0.1) is 0 Å². The van der Waals surface area contributed by atoms with Gasteiger partial charge in [0.25, 0.3) is 0 Å². The minimum atomic E-state index is 0.393. The summed E-state index contributed by atoms with van der Waals surface area (Å²) in [5.41, 5.74) is 10.1. The Bertz CT molecular complexity index is 1290. The van der Waals surface area contributed by atoms with Gasteiger partial charge in [-0.1, -0.05) is 215 Å². The molecule has 59 heavy (non-hydrogen) atoms. The molecule has 0 aliphatic carbocycles. The first kappa shape index (κ1) is 56.9. The Labute approximate surface area is 372 Å². The third kappa shape index (κ3) is 29.8. The monoisotopic (exact) mass is 813 g/mol. The van der Waals surface area contributed by atoms with E-state index in [1.54, 1.807) is 11.1 Å². The van der Waals surface area contributed by atoms with Crippen LogP contribution in [0.1, 0.15) is 251 Å². The molecule has 0 spiro atoms. The lowest BCUT2D eigenvalue weighted by Crippen LogP contribution is -2.21. The molecule has 0 heteroatoms. The second-order valence-corrected chi connectivity index (χ2v) is 20.3. The van der Waals surface area contributed by atoms with Crippen molar-refractivity contribution in [2.24, 2.45) is 28.6 Å². The van der Waals surface area contributed by atoms with E-state index in [4.69, 9.17) is 0 Å². The Morgan fingerprint density at radius 2 is 0.847 bits per heavy atom. The Morgan fingerprint density at radius 1 is 0.458 bits per heavy atom. The van der Waals surface area contributed by atoms with Crippen molar-refractivity contribution in [2.45, 2.75) is 252 Å². The third-order valence-corrected chi connectivity index (χ3v) is 14.2. The summed E-state index contributed by atoms with van der Waals surface area (Å²) in [4.78, 5) is 0. The van der Waals surface area contributed by atoms with Gasteiger partial charge in [0.2, 0.25) is 0 Å². The minimum Gasteiger partial charge on any atom is -0.0856 e. The summed E-state index contributed by atoms with van der Waals surface area (Å²) >= 11 is 0. The Kier molecular flexibility index (Phi) is 33.3. The first-order valence-electron chi connectivity index (χ1n) is 25.4. The average molecular weight is 813 g/mol. The smallest absolute Gasteiger partial charge is 0.0219 e. The van der Waals surface area contributed by atoms with Gasteiger partial charge < -0.3 is 0 Å². The number of hydrogen-bond donors (Lipinski definition) is 0. The molecule has 0 aromatic heterocycles. The Balaban J connectivity index is 0.00000116. The molecule has 2 atom stereocenters. The largest absolute Gasteiger partial charge is 0.0856 e. The van der Waals surface area contributed by atoms with Crippen LogP contribution in [0.4, 0.5) is 0 Å². The third-order valence-electron chi connectivity index (χ3n) is 14.2. The number of hydrogen-bond acceptors (Lipinski definition) is 0. The number of rotatable bonds is 32. The van der Waals surface area contributed by atoms with Gasteiger partial charge in [-0.2, -0.15) is 0 Å². The molecule has 0 saturated carbocycles. The first-order chi connectivity index (χ1) is 28.1. The summed E-state index contributed by atoms with van der Waals surface area (Å²) in [6, 6.07) is 11.0. The van der Waals surface area contributed by atoms with E-state index in [0.717, 1.165) is 17.8 Å². The summed E-state index contributed by atoms with van der Waals surface area (Å²) in [6.07, 6.45) is 42.2. The lowest BCUT2D eigenvalue weighted by molar-refractivity contribution is 0.253. The van der Waals surface area contributed by atoms with Gasteiger partial charge >= 0.3 is 0 Å². The fraction of sp³-hybridized carbons (Fsp3) is 0.729. The van der Waals surface area contributed by atoms with E-state index >= 15 is 0 Å². The number of allylic oxidation sites excluding steroid dienone is 10. The molecule has 0 fully saturated rings. The van der Waals surface area contributed by atoms with Crippen molar-refractivity contribution < 1.29 is 0 Å². The van der Waals surface area contributed by atoms with E-state index < -0.39 is 0 Å². The van der Waals surface area contributed by atoms with Crippen LogP contribution in [0.15, 0.2) is 88.6 Å². The van der Waals surface area contributed by atoms with Crippen molar-refractivity contribution in [3.63, 3.8) is 0 Å². The van der Waals surface area contributed by atoms with Crippen LogP contribution in [0.3, 0.4) is 0 Å². The highest BCUT2D eigenvalue weighted by Gasteiger charge is 2.25. The van der Waals surface area contributed by atoms with E-state index in [0.29, 0.717) is 10.8 Å². The number of benzene rings is 1. The maximum Gasteiger partial charge on any atom is -0.0219 e. The maximum absolute atomic E-state index is 2.56. The van der Waals surface area contributed by atoms with Gasteiger partial charge in [0.15, 0.2) is 0 Å². The van der Waals surface area contributed by atoms with Crippen LogP contribution < -0.4 is 0 Å². The van der Waals surface area contributed by atoms with Gasteiger partial charge in [-0.05, 0) is 159 Å². The van der Waals surface area contributed by atoms with Crippen molar-refractivity contribution in [2.75, 3.05) is 0 Å². The Morgan fingerprint density at radius 3 is 1.29 bits per heavy atom. The van der Waals surface area contributed by atoms with E-state index in [9.17, 15) is 0 Å².